The van der Waals surface area contributed by atoms with Crippen LogP contribution in [-0.2, 0) is 9.59 Å². The molecular weight excluding hydrogens is 294 g/mol. The molecule has 0 spiro atoms. The number of fused-ring (bicyclic) bond motifs is 1. The molecule has 124 valence electrons. The third-order valence-corrected chi connectivity index (χ3v) is 4.86. The van der Waals surface area contributed by atoms with Gasteiger partial charge in [-0.1, -0.05) is 12.1 Å². The monoisotopic (exact) mass is 317 g/mol. The van der Waals surface area contributed by atoms with E-state index < -0.39 is 5.97 Å². The van der Waals surface area contributed by atoms with Crippen molar-refractivity contribution in [2.75, 3.05) is 36.5 Å². The number of para-hydroxylation sites is 2. The number of rotatable bonds is 3. The largest absolute Gasteiger partial charge is 0.480 e. The highest BCUT2D eigenvalue weighted by molar-refractivity contribution is 5.91. The Labute approximate surface area is 136 Å². The van der Waals surface area contributed by atoms with E-state index in [4.69, 9.17) is 5.11 Å². The summed E-state index contributed by atoms with van der Waals surface area (Å²) in [5, 5.41) is 8.96. The van der Waals surface area contributed by atoms with E-state index in [-0.39, 0.29) is 24.5 Å². The molecule has 0 bridgehead atoms. The predicted octanol–water partition coefficient (Wildman–Crippen LogP) is 1.41. The van der Waals surface area contributed by atoms with Gasteiger partial charge in [-0.15, -0.1) is 0 Å². The molecule has 1 aromatic rings. The number of amides is 1. The summed E-state index contributed by atoms with van der Waals surface area (Å²) in [5.74, 6) is -1.03. The van der Waals surface area contributed by atoms with Gasteiger partial charge in [0.15, 0.2) is 0 Å². The number of aliphatic carboxylic acids is 1. The van der Waals surface area contributed by atoms with Crippen molar-refractivity contribution in [2.45, 2.75) is 31.8 Å². The van der Waals surface area contributed by atoms with Gasteiger partial charge in [0.2, 0.25) is 5.91 Å². The molecule has 1 fully saturated rings. The van der Waals surface area contributed by atoms with E-state index in [2.05, 4.69) is 35.9 Å². The second kappa shape index (κ2) is 6.10. The molecule has 2 heterocycles. The van der Waals surface area contributed by atoms with E-state index in [1.54, 1.807) is 0 Å². The minimum Gasteiger partial charge on any atom is -0.480 e. The van der Waals surface area contributed by atoms with Crippen molar-refractivity contribution >= 4 is 23.3 Å². The smallest absolute Gasteiger partial charge is 0.323 e. The molecule has 0 radical (unpaired) electrons. The molecule has 2 unspecified atom stereocenters. The first-order valence-corrected chi connectivity index (χ1v) is 8.08. The van der Waals surface area contributed by atoms with E-state index in [0.717, 1.165) is 24.3 Å². The van der Waals surface area contributed by atoms with Crippen molar-refractivity contribution in [3.63, 3.8) is 0 Å². The number of benzene rings is 1. The summed E-state index contributed by atoms with van der Waals surface area (Å²) in [6.45, 7) is 3.38. The average Bonchev–Trinajstić information content (AvgIpc) is 2.80. The number of likely N-dealkylation sites (tertiary alicyclic amines) is 1. The van der Waals surface area contributed by atoms with Crippen LogP contribution in [0.25, 0.3) is 0 Å². The van der Waals surface area contributed by atoms with Crippen molar-refractivity contribution < 1.29 is 14.7 Å². The summed E-state index contributed by atoms with van der Waals surface area (Å²) in [6, 6.07) is 8.11. The van der Waals surface area contributed by atoms with E-state index in [0.29, 0.717) is 13.0 Å². The van der Waals surface area contributed by atoms with Gasteiger partial charge in [-0.3, -0.25) is 9.59 Å². The van der Waals surface area contributed by atoms with Crippen molar-refractivity contribution in [1.29, 1.82) is 0 Å². The van der Waals surface area contributed by atoms with Gasteiger partial charge in [0, 0.05) is 26.2 Å². The number of carbonyl (C=O) groups excluding carboxylic acids is 1. The third-order valence-electron chi connectivity index (χ3n) is 4.86. The van der Waals surface area contributed by atoms with Gasteiger partial charge in [-0.25, -0.2) is 0 Å². The Hall–Kier alpha value is -2.24. The molecule has 3 rings (SSSR count). The maximum absolute atomic E-state index is 12.7. The number of carbonyl (C=O) groups is 2. The van der Waals surface area contributed by atoms with Crippen LogP contribution in [0.4, 0.5) is 11.4 Å². The third kappa shape index (κ3) is 2.85. The van der Waals surface area contributed by atoms with Crippen LogP contribution in [0.15, 0.2) is 24.3 Å². The highest BCUT2D eigenvalue weighted by Gasteiger charge is 2.40. The zero-order valence-corrected chi connectivity index (χ0v) is 13.6. The summed E-state index contributed by atoms with van der Waals surface area (Å²) < 4.78 is 0. The topological polar surface area (TPSA) is 64.1 Å². The van der Waals surface area contributed by atoms with E-state index in [1.165, 1.54) is 4.90 Å². The highest BCUT2D eigenvalue weighted by atomic mass is 16.4. The van der Waals surface area contributed by atoms with Crippen molar-refractivity contribution in [1.82, 2.24) is 4.90 Å². The first-order chi connectivity index (χ1) is 11.0. The zero-order valence-electron chi connectivity index (χ0n) is 13.6. The van der Waals surface area contributed by atoms with Crippen LogP contribution in [-0.4, -0.2) is 60.6 Å². The van der Waals surface area contributed by atoms with Crippen LogP contribution in [0.3, 0.4) is 0 Å². The van der Waals surface area contributed by atoms with Crippen molar-refractivity contribution in [2.24, 2.45) is 0 Å². The maximum Gasteiger partial charge on any atom is 0.323 e. The molecule has 2 atom stereocenters. The Morgan fingerprint density at radius 2 is 1.91 bits per heavy atom. The fraction of sp³-hybridized carbons (Fsp3) is 0.529. The zero-order chi connectivity index (χ0) is 16.6. The predicted molar refractivity (Wildman–Crippen MR) is 88.9 cm³/mol. The minimum atomic E-state index is -0.956. The van der Waals surface area contributed by atoms with Gasteiger partial charge in [-0.05, 0) is 31.9 Å². The normalized spacial score (nSPS) is 24.6. The molecule has 2 aliphatic heterocycles. The van der Waals surface area contributed by atoms with Gasteiger partial charge < -0.3 is 19.8 Å². The number of carboxylic acid groups (broad SMARTS) is 1. The number of hydrogen-bond acceptors (Lipinski definition) is 4. The first-order valence-electron chi connectivity index (χ1n) is 8.08. The summed E-state index contributed by atoms with van der Waals surface area (Å²) in [5.41, 5.74) is 2.19. The Bertz CT molecular complexity index is 619. The molecule has 6 nitrogen and oxygen atoms in total. The van der Waals surface area contributed by atoms with Crippen LogP contribution < -0.4 is 9.80 Å². The molecule has 23 heavy (non-hydrogen) atoms. The van der Waals surface area contributed by atoms with Gasteiger partial charge >= 0.3 is 5.97 Å². The van der Waals surface area contributed by atoms with E-state index in [9.17, 15) is 9.59 Å². The van der Waals surface area contributed by atoms with Gasteiger partial charge in [0.25, 0.3) is 0 Å². The molecular formula is C17H23N3O3. The van der Waals surface area contributed by atoms with Crippen molar-refractivity contribution in [3.05, 3.63) is 24.3 Å². The van der Waals surface area contributed by atoms with Gasteiger partial charge in [0.05, 0.1) is 11.4 Å². The van der Waals surface area contributed by atoms with Crippen LogP contribution in [0, 0.1) is 0 Å². The molecule has 1 N–H and O–H groups in total. The number of carboxylic acids is 1. The quantitative estimate of drug-likeness (QED) is 0.913. The van der Waals surface area contributed by atoms with Gasteiger partial charge in [-0.2, -0.15) is 0 Å². The van der Waals surface area contributed by atoms with Crippen LogP contribution in [0.5, 0.6) is 0 Å². The number of nitrogens with zero attached hydrogens (tertiary/aromatic N) is 3. The van der Waals surface area contributed by atoms with E-state index >= 15 is 0 Å². The molecule has 0 saturated carbocycles. The Morgan fingerprint density at radius 3 is 2.61 bits per heavy atom. The maximum atomic E-state index is 12.7. The SMILES string of the molecule is CC1CCN(C)c2ccccc2N1C1CCN(CC(=O)O)C1=O. The summed E-state index contributed by atoms with van der Waals surface area (Å²) in [6.07, 6.45) is 1.64. The standard InChI is InChI=1S/C17H23N3O3/c1-12-7-9-18(2)13-5-3-4-6-14(13)20(12)15-8-10-19(17(15)23)11-16(21)22/h3-6,12,15H,7-11H2,1-2H3,(H,21,22). The lowest BCUT2D eigenvalue weighted by molar-refractivity contribution is -0.143. The second-order valence-electron chi connectivity index (χ2n) is 6.41. The Kier molecular flexibility index (Phi) is 4.15. The van der Waals surface area contributed by atoms with Crippen molar-refractivity contribution in [3.8, 4) is 0 Å². The first kappa shape index (κ1) is 15.6. The second-order valence-corrected chi connectivity index (χ2v) is 6.41. The number of anilines is 2. The molecule has 1 aromatic carbocycles. The molecule has 6 heteroatoms. The molecule has 0 aliphatic carbocycles. The number of hydrogen-bond donors (Lipinski definition) is 1. The fourth-order valence-corrected chi connectivity index (χ4v) is 3.66. The van der Waals surface area contributed by atoms with Crippen LogP contribution in [0.2, 0.25) is 0 Å². The highest BCUT2D eigenvalue weighted by Crippen LogP contribution is 2.37. The molecule has 2 aliphatic rings. The minimum absolute atomic E-state index is 0.0707. The lowest BCUT2D eigenvalue weighted by Gasteiger charge is -2.35. The van der Waals surface area contributed by atoms with E-state index in [1.807, 2.05) is 12.1 Å². The van der Waals surface area contributed by atoms with Gasteiger partial charge in [0.1, 0.15) is 12.6 Å². The fourth-order valence-electron chi connectivity index (χ4n) is 3.66. The lowest BCUT2D eigenvalue weighted by atomic mass is 10.1. The molecule has 0 aromatic heterocycles. The lowest BCUT2D eigenvalue weighted by Crippen LogP contribution is -2.47. The van der Waals surface area contributed by atoms with Crippen LogP contribution in [0.1, 0.15) is 19.8 Å². The molecule has 1 amide bonds. The average molecular weight is 317 g/mol. The summed E-state index contributed by atoms with van der Waals surface area (Å²) in [7, 11) is 2.07. The Balaban J connectivity index is 1.93. The van der Waals surface area contributed by atoms with Crippen LogP contribution >= 0.6 is 0 Å². The Morgan fingerprint density at radius 1 is 1.22 bits per heavy atom. The summed E-state index contributed by atoms with van der Waals surface area (Å²) >= 11 is 0. The summed E-state index contributed by atoms with van der Waals surface area (Å²) in [4.78, 5) is 29.5. The molecule has 1 saturated heterocycles.